The van der Waals surface area contributed by atoms with E-state index in [2.05, 4.69) is 58.9 Å². The maximum absolute atomic E-state index is 12.4. The van der Waals surface area contributed by atoms with E-state index in [-0.39, 0.29) is 30.1 Å². The molecule has 0 aromatic heterocycles. The summed E-state index contributed by atoms with van der Waals surface area (Å²) in [6, 6.07) is 0. The van der Waals surface area contributed by atoms with Gasteiger partial charge in [-0.05, 0) is 85.6 Å². The molecule has 35 heavy (non-hydrogen) atoms. The number of carboxylic acids is 1. The number of esters is 1. The average Bonchev–Trinajstić information content (AvgIpc) is 2.74. The fourth-order valence-corrected chi connectivity index (χ4v) is 4.11. The van der Waals surface area contributed by atoms with Gasteiger partial charge in [-0.25, -0.2) is 0 Å². The van der Waals surface area contributed by atoms with Gasteiger partial charge in [0.25, 0.3) is 0 Å². The summed E-state index contributed by atoms with van der Waals surface area (Å²) < 4.78 is 5.39. The van der Waals surface area contributed by atoms with E-state index in [1.54, 1.807) is 0 Å². The largest absolute Gasteiger partial charge is 0.481 e. The Morgan fingerprint density at radius 3 is 1.89 bits per heavy atom. The SMILES string of the molecule is CC(=O)OC1C=C(CC(=O)O)C(=O)CC1CC=C(C)CCC=C(C)CCC=C(C)CCC=C(C)C. The molecule has 5 nitrogen and oxygen atoms in total. The van der Waals surface area contributed by atoms with E-state index in [0.29, 0.717) is 6.42 Å². The van der Waals surface area contributed by atoms with E-state index in [9.17, 15) is 14.4 Å². The molecule has 0 amide bonds. The molecular weight excluding hydrogens is 440 g/mol. The Morgan fingerprint density at radius 2 is 1.40 bits per heavy atom. The van der Waals surface area contributed by atoms with Crippen molar-refractivity contribution >= 4 is 17.7 Å². The lowest BCUT2D eigenvalue weighted by Gasteiger charge is -2.28. The molecule has 5 heteroatoms. The number of allylic oxidation sites excluding steroid dienone is 8. The highest BCUT2D eigenvalue weighted by Crippen LogP contribution is 2.29. The number of carboxylic acid groups (broad SMARTS) is 1. The van der Waals surface area contributed by atoms with Gasteiger partial charge >= 0.3 is 11.9 Å². The maximum Gasteiger partial charge on any atom is 0.307 e. The molecule has 194 valence electrons. The molecule has 0 aromatic carbocycles. The highest BCUT2D eigenvalue weighted by Gasteiger charge is 2.32. The maximum atomic E-state index is 12.4. The van der Waals surface area contributed by atoms with Crippen molar-refractivity contribution in [3.05, 3.63) is 58.2 Å². The Hall–Kier alpha value is -2.69. The first-order valence-corrected chi connectivity index (χ1v) is 12.7. The zero-order valence-corrected chi connectivity index (χ0v) is 22.5. The fourth-order valence-electron chi connectivity index (χ4n) is 4.11. The van der Waals surface area contributed by atoms with Crippen molar-refractivity contribution < 1.29 is 24.2 Å². The van der Waals surface area contributed by atoms with Gasteiger partial charge < -0.3 is 9.84 Å². The van der Waals surface area contributed by atoms with Crippen LogP contribution in [0.3, 0.4) is 0 Å². The standard InChI is InChI=1S/C30H44O5/c1-21(2)10-7-11-22(3)12-8-13-23(4)14-9-15-24(5)16-17-26-18-28(32)27(20-30(33)34)19-29(26)35-25(6)31/h10,12,14,16,19,26,29H,7-9,11,13,15,17-18,20H2,1-6H3,(H,33,34). The minimum absolute atomic E-state index is 0.164. The van der Waals surface area contributed by atoms with Crippen molar-refractivity contribution in [1.29, 1.82) is 0 Å². The summed E-state index contributed by atoms with van der Waals surface area (Å²) in [5.74, 6) is -1.83. The third-order valence-electron chi connectivity index (χ3n) is 6.20. The minimum atomic E-state index is -1.06. The van der Waals surface area contributed by atoms with Crippen LogP contribution >= 0.6 is 0 Å². The summed E-state index contributed by atoms with van der Waals surface area (Å²) in [6.45, 7) is 12.1. The Balaban J connectivity index is 2.55. The molecule has 1 rings (SSSR count). The second kappa shape index (κ2) is 16.1. The summed E-state index contributed by atoms with van der Waals surface area (Å²) in [6.07, 6.45) is 16.8. The Kier molecular flexibility index (Phi) is 13.9. The molecule has 0 heterocycles. The molecule has 0 spiro atoms. The molecule has 0 aromatic rings. The predicted molar refractivity (Wildman–Crippen MR) is 142 cm³/mol. The van der Waals surface area contributed by atoms with Crippen molar-refractivity contribution in [2.24, 2.45) is 5.92 Å². The second-order valence-electron chi connectivity index (χ2n) is 10.0. The molecule has 0 saturated carbocycles. The van der Waals surface area contributed by atoms with Crippen LogP contribution in [0.5, 0.6) is 0 Å². The van der Waals surface area contributed by atoms with Crippen molar-refractivity contribution in [2.75, 3.05) is 0 Å². The molecule has 0 fully saturated rings. The topological polar surface area (TPSA) is 80.7 Å². The summed E-state index contributed by atoms with van der Waals surface area (Å²) in [7, 11) is 0. The Morgan fingerprint density at radius 1 is 0.886 bits per heavy atom. The number of ketones is 1. The van der Waals surface area contributed by atoms with E-state index in [1.807, 2.05) is 0 Å². The van der Waals surface area contributed by atoms with Crippen LogP contribution in [0, 0.1) is 5.92 Å². The van der Waals surface area contributed by atoms with E-state index < -0.39 is 18.0 Å². The first-order chi connectivity index (χ1) is 16.5. The average molecular weight is 485 g/mol. The van der Waals surface area contributed by atoms with E-state index in [4.69, 9.17) is 9.84 Å². The third-order valence-corrected chi connectivity index (χ3v) is 6.20. The first kappa shape index (κ1) is 30.3. The van der Waals surface area contributed by atoms with Crippen LogP contribution in [0.4, 0.5) is 0 Å². The molecule has 2 atom stereocenters. The molecule has 2 unspecified atom stereocenters. The normalized spacial score (nSPS) is 19.3. The molecule has 1 N–H and O–H groups in total. The molecule has 1 aliphatic rings. The van der Waals surface area contributed by atoms with Gasteiger partial charge in [0.1, 0.15) is 6.10 Å². The third kappa shape index (κ3) is 13.7. The number of rotatable bonds is 14. The lowest BCUT2D eigenvalue weighted by atomic mass is 9.82. The molecule has 1 aliphatic carbocycles. The number of hydrogen-bond acceptors (Lipinski definition) is 4. The monoisotopic (exact) mass is 484 g/mol. The van der Waals surface area contributed by atoms with Gasteiger partial charge in [0.2, 0.25) is 0 Å². The highest BCUT2D eigenvalue weighted by atomic mass is 16.5. The summed E-state index contributed by atoms with van der Waals surface area (Å²) >= 11 is 0. The number of carbonyl (C=O) groups excluding carboxylic acids is 2. The molecular formula is C30H44O5. The fraction of sp³-hybridized carbons (Fsp3) is 0.567. The number of Topliss-reactive ketones (excluding diaryl/α,β-unsaturated/α-hetero) is 1. The van der Waals surface area contributed by atoms with Gasteiger partial charge in [-0.15, -0.1) is 0 Å². The zero-order chi connectivity index (χ0) is 26.4. The second-order valence-corrected chi connectivity index (χ2v) is 10.0. The van der Waals surface area contributed by atoms with Gasteiger partial charge in [-0.2, -0.15) is 0 Å². The number of carbonyl (C=O) groups is 3. The quantitative estimate of drug-likeness (QED) is 0.205. The number of hydrogen-bond donors (Lipinski definition) is 1. The predicted octanol–water partition coefficient (Wildman–Crippen LogP) is 7.44. The van der Waals surface area contributed by atoms with Gasteiger partial charge in [-0.3, -0.25) is 14.4 Å². The van der Waals surface area contributed by atoms with Gasteiger partial charge in [0.05, 0.1) is 6.42 Å². The first-order valence-electron chi connectivity index (χ1n) is 12.7. The van der Waals surface area contributed by atoms with Crippen molar-refractivity contribution in [3.63, 3.8) is 0 Å². The number of aliphatic carboxylic acids is 1. The van der Waals surface area contributed by atoms with Crippen LogP contribution in [0.25, 0.3) is 0 Å². The van der Waals surface area contributed by atoms with Crippen LogP contribution in [0.15, 0.2) is 58.2 Å². The van der Waals surface area contributed by atoms with Crippen LogP contribution in [0.1, 0.15) is 99.3 Å². The van der Waals surface area contributed by atoms with Gasteiger partial charge in [0.15, 0.2) is 5.78 Å². The smallest absolute Gasteiger partial charge is 0.307 e. The highest BCUT2D eigenvalue weighted by molar-refractivity contribution is 6.00. The van der Waals surface area contributed by atoms with Crippen LogP contribution in [0.2, 0.25) is 0 Å². The van der Waals surface area contributed by atoms with Gasteiger partial charge in [-0.1, -0.05) is 46.6 Å². The van der Waals surface area contributed by atoms with Crippen molar-refractivity contribution in [1.82, 2.24) is 0 Å². The lowest BCUT2D eigenvalue weighted by molar-refractivity contribution is -0.147. The van der Waals surface area contributed by atoms with Crippen molar-refractivity contribution in [2.45, 2.75) is 105 Å². The van der Waals surface area contributed by atoms with E-state index >= 15 is 0 Å². The Bertz CT molecular complexity index is 894. The lowest BCUT2D eigenvalue weighted by Crippen LogP contribution is -2.32. The van der Waals surface area contributed by atoms with Gasteiger partial charge in [0, 0.05) is 24.8 Å². The van der Waals surface area contributed by atoms with Crippen LogP contribution in [-0.4, -0.2) is 28.9 Å². The molecule has 0 radical (unpaired) electrons. The summed E-state index contributed by atoms with van der Waals surface area (Å²) in [5.41, 5.74) is 5.68. The minimum Gasteiger partial charge on any atom is -0.481 e. The van der Waals surface area contributed by atoms with Crippen LogP contribution < -0.4 is 0 Å². The Labute approximate surface area is 211 Å². The van der Waals surface area contributed by atoms with E-state index in [1.165, 1.54) is 35.3 Å². The van der Waals surface area contributed by atoms with Crippen molar-refractivity contribution in [3.8, 4) is 0 Å². The summed E-state index contributed by atoms with van der Waals surface area (Å²) in [5, 5.41) is 9.02. The van der Waals surface area contributed by atoms with E-state index in [0.717, 1.165) is 38.5 Å². The molecule has 0 aliphatic heterocycles. The van der Waals surface area contributed by atoms with Crippen LogP contribution in [-0.2, 0) is 19.1 Å². The summed E-state index contributed by atoms with van der Waals surface area (Å²) in [4.78, 5) is 34.9. The zero-order valence-electron chi connectivity index (χ0n) is 22.5. The number of ether oxygens (including phenoxy) is 1. The molecule has 0 bridgehead atoms. The molecule has 0 saturated heterocycles.